The average Bonchev–Trinajstić information content (AvgIpc) is 2.12. The van der Waals surface area contributed by atoms with E-state index in [0.717, 1.165) is 39.3 Å². The Bertz CT molecular complexity index is 117. The van der Waals surface area contributed by atoms with Gasteiger partial charge in [-0.05, 0) is 5.92 Å². The fourth-order valence-corrected chi connectivity index (χ4v) is 1.46. The van der Waals surface area contributed by atoms with Crippen LogP contribution in [-0.4, -0.2) is 50.7 Å². The van der Waals surface area contributed by atoms with Gasteiger partial charge in [-0.25, -0.2) is 0 Å². The zero-order chi connectivity index (χ0) is 10.8. The van der Waals surface area contributed by atoms with Crippen LogP contribution < -0.4 is 16.8 Å². The molecule has 86 valence electrons. The molecule has 0 bridgehead atoms. The third-order valence-electron chi connectivity index (χ3n) is 1.99. The Morgan fingerprint density at radius 1 is 1.07 bits per heavy atom. The number of nitrogens with two attached hydrogens (primary N) is 2. The lowest BCUT2D eigenvalue weighted by atomic mass is 10.2. The van der Waals surface area contributed by atoms with Gasteiger partial charge in [0.1, 0.15) is 0 Å². The Morgan fingerprint density at radius 2 is 1.79 bits per heavy atom. The summed E-state index contributed by atoms with van der Waals surface area (Å²) in [5.74, 6) is 0.705. The van der Waals surface area contributed by atoms with Crippen molar-refractivity contribution in [2.45, 2.75) is 13.8 Å². The SMILES string of the molecule is CC(C)CN(CCN)CCNCCN. The van der Waals surface area contributed by atoms with Gasteiger partial charge in [0.15, 0.2) is 0 Å². The van der Waals surface area contributed by atoms with Gasteiger partial charge in [-0.15, -0.1) is 0 Å². The van der Waals surface area contributed by atoms with Crippen LogP contribution in [0.3, 0.4) is 0 Å². The topological polar surface area (TPSA) is 67.3 Å². The Labute approximate surface area is 88.0 Å². The lowest BCUT2D eigenvalue weighted by molar-refractivity contribution is 0.251. The van der Waals surface area contributed by atoms with Gasteiger partial charge in [0.25, 0.3) is 0 Å². The smallest absolute Gasteiger partial charge is 0.0107 e. The maximum atomic E-state index is 5.55. The van der Waals surface area contributed by atoms with E-state index < -0.39 is 0 Å². The number of rotatable bonds is 9. The van der Waals surface area contributed by atoms with Gasteiger partial charge in [0.05, 0.1) is 0 Å². The number of nitrogens with one attached hydrogen (secondary N) is 1. The molecule has 0 amide bonds. The largest absolute Gasteiger partial charge is 0.329 e. The molecule has 0 atom stereocenters. The maximum Gasteiger partial charge on any atom is 0.0107 e. The standard InChI is InChI=1S/C10H26N4/c1-10(2)9-14(7-4-12)8-6-13-5-3-11/h10,13H,3-9,11-12H2,1-2H3. The van der Waals surface area contributed by atoms with Gasteiger partial charge in [0, 0.05) is 45.8 Å². The summed E-state index contributed by atoms with van der Waals surface area (Å²) < 4.78 is 0. The van der Waals surface area contributed by atoms with E-state index in [-0.39, 0.29) is 0 Å². The van der Waals surface area contributed by atoms with Crippen LogP contribution in [0.2, 0.25) is 0 Å². The Morgan fingerprint density at radius 3 is 2.29 bits per heavy atom. The molecule has 5 N–H and O–H groups in total. The summed E-state index contributed by atoms with van der Waals surface area (Å²) in [5.41, 5.74) is 10.9. The predicted octanol–water partition coefficient (Wildman–Crippen LogP) is -0.549. The van der Waals surface area contributed by atoms with Gasteiger partial charge in [0.2, 0.25) is 0 Å². The molecular weight excluding hydrogens is 176 g/mol. The van der Waals surface area contributed by atoms with Crippen molar-refractivity contribution in [1.82, 2.24) is 10.2 Å². The minimum Gasteiger partial charge on any atom is -0.329 e. The van der Waals surface area contributed by atoms with E-state index in [2.05, 4.69) is 24.1 Å². The first-order valence-corrected chi connectivity index (χ1v) is 5.54. The third-order valence-corrected chi connectivity index (χ3v) is 1.99. The Kier molecular flexibility index (Phi) is 9.29. The number of nitrogens with zero attached hydrogens (tertiary/aromatic N) is 1. The zero-order valence-electron chi connectivity index (χ0n) is 9.63. The highest BCUT2D eigenvalue weighted by Crippen LogP contribution is 1.96. The van der Waals surface area contributed by atoms with Crippen molar-refractivity contribution in [2.75, 3.05) is 45.8 Å². The van der Waals surface area contributed by atoms with Gasteiger partial charge < -0.3 is 21.7 Å². The van der Waals surface area contributed by atoms with E-state index in [0.29, 0.717) is 12.5 Å². The van der Waals surface area contributed by atoms with E-state index in [1.165, 1.54) is 0 Å². The van der Waals surface area contributed by atoms with Gasteiger partial charge in [-0.3, -0.25) is 0 Å². The summed E-state index contributed by atoms with van der Waals surface area (Å²) in [6.07, 6.45) is 0. The van der Waals surface area contributed by atoms with Crippen molar-refractivity contribution in [1.29, 1.82) is 0 Å². The highest BCUT2D eigenvalue weighted by molar-refractivity contribution is 4.62. The Hall–Kier alpha value is -0.160. The molecule has 0 aromatic rings. The van der Waals surface area contributed by atoms with Crippen LogP contribution in [0.5, 0.6) is 0 Å². The molecule has 14 heavy (non-hydrogen) atoms. The van der Waals surface area contributed by atoms with Crippen molar-refractivity contribution < 1.29 is 0 Å². The molecule has 0 aromatic heterocycles. The second-order valence-corrected chi connectivity index (χ2v) is 4.02. The second kappa shape index (κ2) is 9.40. The van der Waals surface area contributed by atoms with Gasteiger partial charge in [-0.2, -0.15) is 0 Å². The summed E-state index contributed by atoms with van der Waals surface area (Å²) in [6.45, 7) is 11.0. The molecule has 0 radical (unpaired) electrons. The summed E-state index contributed by atoms with van der Waals surface area (Å²) in [6, 6.07) is 0. The van der Waals surface area contributed by atoms with Crippen LogP contribution >= 0.6 is 0 Å². The van der Waals surface area contributed by atoms with Crippen LogP contribution in [0.1, 0.15) is 13.8 Å². The minimum absolute atomic E-state index is 0.705. The van der Waals surface area contributed by atoms with Crippen molar-refractivity contribution in [3.63, 3.8) is 0 Å². The van der Waals surface area contributed by atoms with Crippen molar-refractivity contribution in [3.05, 3.63) is 0 Å². The normalized spacial score (nSPS) is 11.6. The van der Waals surface area contributed by atoms with E-state index in [9.17, 15) is 0 Å². The van der Waals surface area contributed by atoms with Crippen LogP contribution in [-0.2, 0) is 0 Å². The van der Waals surface area contributed by atoms with Crippen LogP contribution in [0, 0.1) is 5.92 Å². The molecular formula is C10H26N4. The molecule has 0 saturated heterocycles. The lowest BCUT2D eigenvalue weighted by Crippen LogP contribution is -2.38. The fourth-order valence-electron chi connectivity index (χ4n) is 1.46. The molecule has 0 unspecified atom stereocenters. The molecule has 0 aliphatic heterocycles. The second-order valence-electron chi connectivity index (χ2n) is 4.02. The lowest BCUT2D eigenvalue weighted by Gasteiger charge is -2.23. The van der Waals surface area contributed by atoms with Crippen molar-refractivity contribution in [2.24, 2.45) is 17.4 Å². The Balaban J connectivity index is 3.51. The molecule has 0 spiro atoms. The average molecular weight is 202 g/mol. The zero-order valence-corrected chi connectivity index (χ0v) is 9.63. The molecule has 0 aliphatic carbocycles. The highest BCUT2D eigenvalue weighted by Gasteiger charge is 2.05. The van der Waals surface area contributed by atoms with E-state index in [4.69, 9.17) is 11.5 Å². The highest BCUT2D eigenvalue weighted by atomic mass is 15.1. The molecule has 0 aromatic carbocycles. The van der Waals surface area contributed by atoms with E-state index in [1.54, 1.807) is 0 Å². The molecule has 0 rings (SSSR count). The van der Waals surface area contributed by atoms with Crippen LogP contribution in [0.25, 0.3) is 0 Å². The summed E-state index contributed by atoms with van der Waals surface area (Å²) in [5, 5.41) is 3.29. The summed E-state index contributed by atoms with van der Waals surface area (Å²) in [7, 11) is 0. The monoisotopic (exact) mass is 202 g/mol. The molecule has 0 saturated carbocycles. The fraction of sp³-hybridized carbons (Fsp3) is 1.00. The van der Waals surface area contributed by atoms with Gasteiger partial charge >= 0.3 is 0 Å². The summed E-state index contributed by atoms with van der Waals surface area (Å²) in [4.78, 5) is 2.40. The molecule has 0 aliphatic rings. The molecule has 0 heterocycles. The van der Waals surface area contributed by atoms with E-state index in [1.807, 2.05) is 0 Å². The predicted molar refractivity (Wildman–Crippen MR) is 62.3 cm³/mol. The first kappa shape index (κ1) is 13.8. The van der Waals surface area contributed by atoms with Crippen LogP contribution in [0.15, 0.2) is 0 Å². The molecule has 0 fully saturated rings. The van der Waals surface area contributed by atoms with Crippen molar-refractivity contribution >= 4 is 0 Å². The molecule has 4 heteroatoms. The minimum atomic E-state index is 0.705. The number of hydrogen-bond acceptors (Lipinski definition) is 4. The first-order valence-electron chi connectivity index (χ1n) is 5.54. The third kappa shape index (κ3) is 8.44. The quantitative estimate of drug-likeness (QED) is 0.439. The van der Waals surface area contributed by atoms with Crippen LogP contribution in [0.4, 0.5) is 0 Å². The van der Waals surface area contributed by atoms with E-state index >= 15 is 0 Å². The summed E-state index contributed by atoms with van der Waals surface area (Å²) >= 11 is 0. The number of hydrogen-bond donors (Lipinski definition) is 3. The maximum absolute atomic E-state index is 5.55. The van der Waals surface area contributed by atoms with Gasteiger partial charge in [-0.1, -0.05) is 13.8 Å². The molecule has 4 nitrogen and oxygen atoms in total. The van der Waals surface area contributed by atoms with Crippen molar-refractivity contribution in [3.8, 4) is 0 Å². The first-order chi connectivity index (χ1) is 6.70.